The number of anilines is 1. The molecule has 3 heterocycles. The molecule has 0 saturated heterocycles. The third-order valence-electron chi connectivity index (χ3n) is 6.12. The Morgan fingerprint density at radius 3 is 2.84 bits per heavy atom. The Balaban J connectivity index is 1.64. The molecule has 3 aromatic rings. The van der Waals surface area contributed by atoms with Crippen LogP contribution in [0.2, 0.25) is 0 Å². The van der Waals surface area contributed by atoms with E-state index in [1.165, 1.54) is 5.56 Å². The van der Waals surface area contributed by atoms with Gasteiger partial charge in [-0.25, -0.2) is 9.67 Å². The van der Waals surface area contributed by atoms with Gasteiger partial charge < -0.3 is 10.2 Å². The molecule has 1 amide bonds. The van der Waals surface area contributed by atoms with Crippen molar-refractivity contribution in [3.63, 3.8) is 0 Å². The van der Waals surface area contributed by atoms with Crippen molar-refractivity contribution in [2.45, 2.75) is 52.6 Å². The molecule has 8 nitrogen and oxygen atoms in total. The number of nitrogens with zero attached hydrogens (tertiary/aromatic N) is 6. The Bertz CT molecular complexity index is 1210. The van der Waals surface area contributed by atoms with E-state index in [0.717, 1.165) is 30.6 Å². The predicted molar refractivity (Wildman–Crippen MR) is 122 cm³/mol. The molecule has 0 bridgehead atoms. The smallest absolute Gasteiger partial charge is 0.274 e. The van der Waals surface area contributed by atoms with Crippen molar-refractivity contribution < 1.29 is 4.79 Å². The molecule has 1 aliphatic rings. The third-order valence-corrected chi connectivity index (χ3v) is 6.12. The first-order valence-corrected chi connectivity index (χ1v) is 10.8. The molecule has 0 spiro atoms. The van der Waals surface area contributed by atoms with Gasteiger partial charge in [-0.2, -0.15) is 5.26 Å². The minimum absolute atomic E-state index is 0.212. The quantitative estimate of drug-likeness (QED) is 0.668. The maximum Gasteiger partial charge on any atom is 0.274 e. The summed E-state index contributed by atoms with van der Waals surface area (Å²) in [4.78, 5) is 19.3. The molecule has 0 saturated carbocycles. The van der Waals surface area contributed by atoms with Crippen molar-refractivity contribution in [1.29, 1.82) is 5.26 Å². The molecule has 0 radical (unpaired) electrons. The van der Waals surface area contributed by atoms with Gasteiger partial charge in [0.2, 0.25) is 0 Å². The number of carbonyl (C=O) groups is 1. The van der Waals surface area contributed by atoms with Crippen LogP contribution < -0.4 is 10.2 Å². The van der Waals surface area contributed by atoms with Crippen molar-refractivity contribution in [3.05, 3.63) is 64.6 Å². The van der Waals surface area contributed by atoms with Gasteiger partial charge in [0.05, 0.1) is 16.9 Å². The molecule has 1 aliphatic heterocycles. The Morgan fingerprint density at radius 1 is 1.28 bits per heavy atom. The fourth-order valence-corrected chi connectivity index (χ4v) is 3.93. The van der Waals surface area contributed by atoms with Crippen molar-refractivity contribution in [2.75, 3.05) is 11.4 Å². The fourth-order valence-electron chi connectivity index (χ4n) is 3.93. The van der Waals surface area contributed by atoms with Crippen LogP contribution >= 0.6 is 0 Å². The number of fused-ring (bicyclic) bond motifs is 1. The van der Waals surface area contributed by atoms with Crippen LogP contribution in [0.25, 0.3) is 5.69 Å². The molecule has 8 heteroatoms. The van der Waals surface area contributed by atoms with Crippen LogP contribution in [-0.4, -0.2) is 38.0 Å². The number of benzene rings is 1. The average Bonchev–Trinajstić information content (AvgIpc) is 3.19. The monoisotopic (exact) mass is 429 g/mol. The summed E-state index contributed by atoms with van der Waals surface area (Å²) in [5, 5.41) is 21.0. The highest BCUT2D eigenvalue weighted by atomic mass is 16.2. The number of nitriles is 1. The molecule has 4 rings (SSSR count). The van der Waals surface area contributed by atoms with Crippen molar-refractivity contribution in [2.24, 2.45) is 0 Å². The van der Waals surface area contributed by atoms with Crippen LogP contribution in [0.3, 0.4) is 0 Å². The van der Waals surface area contributed by atoms with Gasteiger partial charge >= 0.3 is 0 Å². The molecular formula is C24H27N7O. The van der Waals surface area contributed by atoms with E-state index in [9.17, 15) is 10.1 Å². The summed E-state index contributed by atoms with van der Waals surface area (Å²) in [5.41, 5.74) is 4.57. The van der Waals surface area contributed by atoms with Gasteiger partial charge in [0.1, 0.15) is 11.9 Å². The van der Waals surface area contributed by atoms with Gasteiger partial charge in [0, 0.05) is 24.8 Å². The number of aromatic nitrogens is 4. The highest BCUT2D eigenvalue weighted by molar-refractivity contribution is 5.93. The first-order valence-electron chi connectivity index (χ1n) is 10.8. The minimum Gasteiger partial charge on any atom is -0.351 e. The van der Waals surface area contributed by atoms with Gasteiger partial charge in [-0.3, -0.25) is 4.79 Å². The number of pyridine rings is 1. The fraction of sp³-hybridized carbons (Fsp3) is 0.375. The van der Waals surface area contributed by atoms with Crippen LogP contribution in [0, 0.1) is 18.3 Å². The maximum atomic E-state index is 12.8. The molecule has 0 aliphatic carbocycles. The minimum atomic E-state index is -0.309. The molecule has 0 fully saturated rings. The van der Waals surface area contributed by atoms with Gasteiger partial charge in [-0.05, 0) is 62.9 Å². The lowest BCUT2D eigenvalue weighted by Crippen LogP contribution is -2.43. The van der Waals surface area contributed by atoms with Crippen molar-refractivity contribution in [1.82, 2.24) is 25.3 Å². The lowest BCUT2D eigenvalue weighted by molar-refractivity contribution is 0.0905. The van der Waals surface area contributed by atoms with E-state index in [2.05, 4.69) is 37.6 Å². The van der Waals surface area contributed by atoms with Crippen molar-refractivity contribution >= 4 is 11.7 Å². The zero-order valence-electron chi connectivity index (χ0n) is 18.9. The Kier molecular flexibility index (Phi) is 5.66. The SMILES string of the molecule is CCC(C)(C)NC(=O)c1nnn(-c2cccc3c2CCN(c2ncccc2C#N)C3)c1C. The molecule has 0 atom stereocenters. The average molecular weight is 430 g/mol. The van der Waals surface area contributed by atoms with Gasteiger partial charge in [0.15, 0.2) is 5.69 Å². The van der Waals surface area contributed by atoms with Crippen LogP contribution in [0.1, 0.15) is 60.1 Å². The number of nitrogens with one attached hydrogen (secondary N) is 1. The van der Waals surface area contributed by atoms with Crippen LogP contribution in [-0.2, 0) is 13.0 Å². The van der Waals surface area contributed by atoms with E-state index in [4.69, 9.17) is 0 Å². The first-order chi connectivity index (χ1) is 15.3. The summed E-state index contributed by atoms with van der Waals surface area (Å²) in [6.45, 7) is 9.28. The topological polar surface area (TPSA) is 99.7 Å². The molecule has 0 unspecified atom stereocenters. The first kappa shape index (κ1) is 21.5. The second-order valence-electron chi connectivity index (χ2n) is 8.70. The number of hydrogen-bond donors (Lipinski definition) is 1. The second-order valence-corrected chi connectivity index (χ2v) is 8.70. The molecule has 1 N–H and O–H groups in total. The summed E-state index contributed by atoms with van der Waals surface area (Å²) in [7, 11) is 0. The van der Waals surface area contributed by atoms with E-state index in [1.807, 2.05) is 39.8 Å². The molecule has 2 aromatic heterocycles. The van der Waals surface area contributed by atoms with E-state index in [1.54, 1.807) is 23.0 Å². The van der Waals surface area contributed by atoms with E-state index < -0.39 is 0 Å². The van der Waals surface area contributed by atoms with E-state index in [0.29, 0.717) is 29.3 Å². The summed E-state index contributed by atoms with van der Waals surface area (Å²) in [6, 6.07) is 11.9. The lowest BCUT2D eigenvalue weighted by atomic mass is 9.97. The normalized spacial score (nSPS) is 13.4. The van der Waals surface area contributed by atoms with E-state index in [-0.39, 0.29) is 11.4 Å². The number of amides is 1. The van der Waals surface area contributed by atoms with Crippen molar-refractivity contribution in [3.8, 4) is 11.8 Å². The second kappa shape index (κ2) is 8.42. The highest BCUT2D eigenvalue weighted by Gasteiger charge is 2.26. The number of rotatable bonds is 5. The number of hydrogen-bond acceptors (Lipinski definition) is 6. The Hall–Kier alpha value is -3.73. The third kappa shape index (κ3) is 3.94. The largest absolute Gasteiger partial charge is 0.351 e. The summed E-state index contributed by atoms with van der Waals surface area (Å²) in [5.74, 6) is 0.497. The van der Waals surface area contributed by atoms with Crippen LogP contribution in [0.5, 0.6) is 0 Å². The lowest BCUT2D eigenvalue weighted by Gasteiger charge is -2.31. The highest BCUT2D eigenvalue weighted by Crippen LogP contribution is 2.29. The maximum absolute atomic E-state index is 12.8. The van der Waals surface area contributed by atoms with Gasteiger partial charge in [-0.1, -0.05) is 24.3 Å². The Morgan fingerprint density at radius 2 is 2.09 bits per heavy atom. The Labute approximate surface area is 187 Å². The van der Waals surface area contributed by atoms with Gasteiger partial charge in [0.25, 0.3) is 5.91 Å². The summed E-state index contributed by atoms with van der Waals surface area (Å²) in [6.07, 6.45) is 3.31. The molecule has 164 valence electrons. The van der Waals surface area contributed by atoms with Crippen LogP contribution in [0.15, 0.2) is 36.5 Å². The molecule has 32 heavy (non-hydrogen) atoms. The van der Waals surface area contributed by atoms with Gasteiger partial charge in [-0.15, -0.1) is 5.10 Å². The summed E-state index contributed by atoms with van der Waals surface area (Å²) >= 11 is 0. The molecular weight excluding hydrogens is 402 g/mol. The molecule has 1 aromatic carbocycles. The van der Waals surface area contributed by atoms with Crippen LogP contribution in [0.4, 0.5) is 5.82 Å². The standard InChI is InChI=1S/C24H27N7O/c1-5-24(3,4)27-23(32)21-16(2)31(29-28-21)20-10-6-8-18-15-30(13-11-19(18)20)22-17(14-25)9-7-12-26-22/h6-10,12H,5,11,13,15H2,1-4H3,(H,27,32). The zero-order chi connectivity index (χ0) is 22.9. The van der Waals surface area contributed by atoms with E-state index >= 15 is 0 Å². The summed E-state index contributed by atoms with van der Waals surface area (Å²) < 4.78 is 1.75. The number of carbonyl (C=O) groups excluding carboxylic acids is 1. The predicted octanol–water partition coefficient (Wildman–Crippen LogP) is 3.32. The zero-order valence-corrected chi connectivity index (χ0v) is 18.9.